The SMILES string of the molecule is Cc1c(CCOc2c(-c3ccc4ncc(OC5CCNCC5)n4c3)ccc(F)c2F)c(C(O)C(C)(C)C)nn1C. The van der Waals surface area contributed by atoms with E-state index < -0.39 is 23.2 Å². The normalized spacial score (nSPS) is 15.5. The van der Waals surface area contributed by atoms with Crippen molar-refractivity contribution in [3.05, 3.63) is 65.2 Å². The minimum Gasteiger partial charge on any atom is -0.489 e. The Hall–Kier alpha value is -3.50. The van der Waals surface area contributed by atoms with Crippen LogP contribution in [-0.2, 0) is 13.5 Å². The van der Waals surface area contributed by atoms with Crippen LogP contribution in [0.25, 0.3) is 16.8 Å². The highest BCUT2D eigenvalue weighted by atomic mass is 19.2. The summed E-state index contributed by atoms with van der Waals surface area (Å²) < 4.78 is 45.2. The number of nitrogens with one attached hydrogen (secondary N) is 1. The van der Waals surface area contributed by atoms with Crippen molar-refractivity contribution in [2.24, 2.45) is 12.5 Å². The van der Waals surface area contributed by atoms with Crippen LogP contribution in [0.2, 0.25) is 0 Å². The highest BCUT2D eigenvalue weighted by Crippen LogP contribution is 2.37. The van der Waals surface area contributed by atoms with Gasteiger partial charge in [-0.3, -0.25) is 9.08 Å². The molecule has 0 aliphatic carbocycles. The molecule has 214 valence electrons. The fourth-order valence-corrected chi connectivity index (χ4v) is 5.06. The van der Waals surface area contributed by atoms with Gasteiger partial charge >= 0.3 is 0 Å². The minimum atomic E-state index is -1.05. The van der Waals surface area contributed by atoms with Crippen molar-refractivity contribution in [2.75, 3.05) is 19.7 Å². The Morgan fingerprint density at radius 2 is 1.90 bits per heavy atom. The predicted octanol–water partition coefficient (Wildman–Crippen LogP) is 5.15. The van der Waals surface area contributed by atoms with Gasteiger partial charge in [0.1, 0.15) is 17.9 Å². The third-order valence-electron chi connectivity index (χ3n) is 7.57. The van der Waals surface area contributed by atoms with E-state index in [4.69, 9.17) is 9.47 Å². The Morgan fingerprint density at radius 3 is 2.62 bits per heavy atom. The summed E-state index contributed by atoms with van der Waals surface area (Å²) in [4.78, 5) is 4.43. The summed E-state index contributed by atoms with van der Waals surface area (Å²) in [6.07, 6.45) is 4.96. The molecule has 0 bridgehead atoms. The number of ether oxygens (including phenoxy) is 2. The molecule has 1 fully saturated rings. The molecular formula is C30H37F2N5O3. The lowest BCUT2D eigenvalue weighted by atomic mass is 9.85. The molecule has 2 N–H and O–H groups in total. The average Bonchev–Trinajstić information content (AvgIpc) is 3.45. The topological polar surface area (TPSA) is 85.8 Å². The second kappa shape index (κ2) is 11.2. The van der Waals surface area contributed by atoms with Gasteiger partial charge in [-0.1, -0.05) is 20.8 Å². The zero-order chi connectivity index (χ0) is 28.6. The maximum atomic E-state index is 15.2. The van der Waals surface area contributed by atoms with Crippen LogP contribution in [0.1, 0.15) is 56.7 Å². The van der Waals surface area contributed by atoms with E-state index in [1.807, 2.05) is 45.2 Å². The molecule has 1 aliphatic rings. The van der Waals surface area contributed by atoms with Gasteiger partial charge in [0.2, 0.25) is 11.7 Å². The van der Waals surface area contributed by atoms with Crippen molar-refractivity contribution < 1.29 is 23.4 Å². The number of fused-ring (bicyclic) bond motifs is 1. The maximum absolute atomic E-state index is 15.2. The summed E-state index contributed by atoms with van der Waals surface area (Å²) in [5.41, 5.74) is 3.62. The number of rotatable bonds is 8. The molecule has 4 aromatic rings. The van der Waals surface area contributed by atoms with Gasteiger partial charge in [-0.25, -0.2) is 9.37 Å². The Labute approximate surface area is 232 Å². The monoisotopic (exact) mass is 553 g/mol. The standard InChI is InChI=1S/C30H37F2N5O3/c1-18-21(27(35-36(18)5)29(38)30(2,3)4)12-15-39-28-22(7-8-23(31)26(28)32)19-6-9-24-34-16-25(37(24)17-19)40-20-10-13-33-14-11-20/h6-9,16-17,20,29,33,38H,10-15H2,1-5H3. The van der Waals surface area contributed by atoms with E-state index in [-0.39, 0.29) is 18.5 Å². The number of imidazole rings is 1. The molecule has 1 aromatic carbocycles. The van der Waals surface area contributed by atoms with Crippen LogP contribution in [0.3, 0.4) is 0 Å². The van der Waals surface area contributed by atoms with Crippen LogP contribution < -0.4 is 14.8 Å². The van der Waals surface area contributed by atoms with Crippen molar-refractivity contribution in [1.29, 1.82) is 0 Å². The first kappa shape index (κ1) is 28.0. The first-order chi connectivity index (χ1) is 19.0. The zero-order valence-corrected chi connectivity index (χ0v) is 23.7. The van der Waals surface area contributed by atoms with E-state index in [9.17, 15) is 9.50 Å². The van der Waals surface area contributed by atoms with Crippen molar-refractivity contribution in [1.82, 2.24) is 24.5 Å². The van der Waals surface area contributed by atoms with Gasteiger partial charge in [-0.05, 0) is 62.5 Å². The van der Waals surface area contributed by atoms with Crippen molar-refractivity contribution in [3.63, 3.8) is 0 Å². The number of aromatic nitrogens is 4. The highest BCUT2D eigenvalue weighted by molar-refractivity contribution is 5.71. The summed E-state index contributed by atoms with van der Waals surface area (Å²) in [6.45, 7) is 9.61. The average molecular weight is 554 g/mol. The molecule has 10 heteroatoms. The molecule has 0 saturated carbocycles. The van der Waals surface area contributed by atoms with Gasteiger partial charge in [0.25, 0.3) is 0 Å². The maximum Gasteiger partial charge on any atom is 0.218 e. The molecule has 1 aliphatic heterocycles. The number of pyridine rings is 1. The molecule has 3 aromatic heterocycles. The summed E-state index contributed by atoms with van der Waals surface area (Å²) in [5.74, 6) is -1.60. The van der Waals surface area contributed by atoms with Crippen molar-refractivity contribution in [2.45, 2.75) is 59.2 Å². The van der Waals surface area contributed by atoms with Crippen molar-refractivity contribution >= 4 is 5.65 Å². The second-order valence-electron chi connectivity index (χ2n) is 11.5. The second-order valence-corrected chi connectivity index (χ2v) is 11.5. The van der Waals surface area contributed by atoms with Crippen LogP contribution in [0.15, 0.2) is 36.7 Å². The van der Waals surface area contributed by atoms with E-state index in [0.29, 0.717) is 34.8 Å². The number of benzene rings is 1. The number of halogens is 2. The summed E-state index contributed by atoms with van der Waals surface area (Å²) in [6, 6.07) is 6.24. The van der Waals surface area contributed by atoms with Gasteiger partial charge in [0.05, 0.1) is 18.5 Å². The van der Waals surface area contributed by atoms with E-state index in [0.717, 1.165) is 43.3 Å². The molecule has 8 nitrogen and oxygen atoms in total. The lowest BCUT2D eigenvalue weighted by Gasteiger charge is -2.25. The third kappa shape index (κ3) is 5.55. The van der Waals surface area contributed by atoms with Crippen LogP contribution in [0, 0.1) is 24.0 Å². The molecule has 0 amide bonds. The largest absolute Gasteiger partial charge is 0.489 e. The number of nitrogens with zero attached hydrogens (tertiary/aromatic N) is 4. The molecule has 1 atom stereocenters. The number of piperidine rings is 1. The Morgan fingerprint density at radius 1 is 1.15 bits per heavy atom. The first-order valence-corrected chi connectivity index (χ1v) is 13.7. The first-order valence-electron chi connectivity index (χ1n) is 13.7. The van der Waals surface area contributed by atoms with Gasteiger partial charge in [0, 0.05) is 42.0 Å². The molecule has 1 saturated heterocycles. The number of aliphatic hydroxyl groups is 1. The lowest BCUT2D eigenvalue weighted by Crippen LogP contribution is -2.34. The van der Waals surface area contributed by atoms with Gasteiger partial charge in [0.15, 0.2) is 11.6 Å². The minimum absolute atomic E-state index is 0.0706. The lowest BCUT2D eigenvalue weighted by molar-refractivity contribution is 0.0575. The molecule has 4 heterocycles. The Kier molecular flexibility index (Phi) is 7.83. The van der Waals surface area contributed by atoms with Crippen molar-refractivity contribution in [3.8, 4) is 22.8 Å². The van der Waals surface area contributed by atoms with Crippen LogP contribution in [-0.4, -0.2) is 50.1 Å². The van der Waals surface area contributed by atoms with E-state index >= 15 is 4.39 Å². The number of aryl methyl sites for hydroxylation is 1. The number of aliphatic hydroxyl groups excluding tert-OH is 1. The smallest absolute Gasteiger partial charge is 0.218 e. The van der Waals surface area contributed by atoms with Crippen LogP contribution >= 0.6 is 0 Å². The number of hydrogen-bond donors (Lipinski definition) is 2. The van der Waals surface area contributed by atoms with E-state index in [1.165, 1.54) is 6.07 Å². The fourth-order valence-electron chi connectivity index (χ4n) is 5.06. The van der Waals surface area contributed by atoms with Gasteiger partial charge < -0.3 is 19.9 Å². The zero-order valence-electron chi connectivity index (χ0n) is 23.7. The molecular weight excluding hydrogens is 516 g/mol. The number of hydrogen-bond acceptors (Lipinski definition) is 6. The summed E-state index contributed by atoms with van der Waals surface area (Å²) in [5, 5.41) is 18.8. The van der Waals surface area contributed by atoms with E-state index in [1.54, 1.807) is 23.1 Å². The molecule has 40 heavy (non-hydrogen) atoms. The quantitative estimate of drug-likeness (QED) is 0.314. The summed E-state index contributed by atoms with van der Waals surface area (Å²) >= 11 is 0. The van der Waals surface area contributed by atoms with Crippen LogP contribution in [0.4, 0.5) is 8.78 Å². The third-order valence-corrected chi connectivity index (χ3v) is 7.57. The molecule has 1 unspecified atom stereocenters. The van der Waals surface area contributed by atoms with E-state index in [2.05, 4.69) is 15.4 Å². The highest BCUT2D eigenvalue weighted by Gasteiger charge is 2.30. The Balaban J connectivity index is 1.42. The fraction of sp³-hybridized carbons (Fsp3) is 0.467. The molecule has 0 spiro atoms. The molecule has 0 radical (unpaired) electrons. The Bertz CT molecular complexity index is 1500. The van der Waals surface area contributed by atoms with Gasteiger partial charge in [-0.15, -0.1) is 0 Å². The predicted molar refractivity (Wildman–Crippen MR) is 149 cm³/mol. The summed E-state index contributed by atoms with van der Waals surface area (Å²) in [7, 11) is 1.82. The van der Waals surface area contributed by atoms with Gasteiger partial charge in [-0.2, -0.15) is 9.49 Å². The van der Waals surface area contributed by atoms with Crippen LogP contribution in [0.5, 0.6) is 11.6 Å². The molecule has 5 rings (SSSR count).